The maximum absolute atomic E-state index is 13.2. The summed E-state index contributed by atoms with van der Waals surface area (Å²) in [7, 11) is 0. The van der Waals surface area contributed by atoms with Crippen molar-refractivity contribution in [3.05, 3.63) is 57.6 Å². The van der Waals surface area contributed by atoms with Crippen molar-refractivity contribution in [1.29, 1.82) is 0 Å². The summed E-state index contributed by atoms with van der Waals surface area (Å²) in [5, 5.41) is 3.75. The molecule has 0 bridgehead atoms. The third-order valence-corrected chi connectivity index (χ3v) is 3.04. The highest BCUT2D eigenvalue weighted by molar-refractivity contribution is 6.30. The fourth-order valence-electron chi connectivity index (χ4n) is 1.56. The molecule has 0 amide bonds. The predicted molar refractivity (Wildman–Crippen MR) is 72.7 cm³/mol. The van der Waals surface area contributed by atoms with Crippen LogP contribution in [0.15, 0.2) is 30.3 Å². The van der Waals surface area contributed by atoms with Crippen LogP contribution < -0.4 is 5.32 Å². The quantitative estimate of drug-likeness (QED) is 0.843. The van der Waals surface area contributed by atoms with Crippen LogP contribution in [-0.2, 0) is 6.54 Å². The average molecular weight is 285 g/mol. The smallest absolute Gasteiger partial charge is 0.142 e. The molecular formula is C13H11Cl2FN2. The minimum atomic E-state index is -0.415. The van der Waals surface area contributed by atoms with Crippen LogP contribution in [0.3, 0.4) is 0 Å². The van der Waals surface area contributed by atoms with Crippen molar-refractivity contribution in [3.63, 3.8) is 0 Å². The standard InChI is InChI=1S/C13H11Cl2FN2/c1-8-12(4-5-13(15)18-8)17-7-9-2-3-10(14)11(16)6-9/h2-6,17H,7H2,1H3. The van der Waals surface area contributed by atoms with Crippen LogP contribution in [-0.4, -0.2) is 4.98 Å². The number of halogens is 3. The first-order valence-electron chi connectivity index (χ1n) is 5.37. The molecular weight excluding hydrogens is 274 g/mol. The van der Waals surface area contributed by atoms with Crippen molar-refractivity contribution in [2.45, 2.75) is 13.5 Å². The van der Waals surface area contributed by atoms with Gasteiger partial charge in [-0.3, -0.25) is 0 Å². The molecule has 0 saturated heterocycles. The first kappa shape index (κ1) is 13.1. The van der Waals surface area contributed by atoms with Crippen molar-refractivity contribution >= 4 is 28.9 Å². The number of nitrogens with one attached hydrogen (secondary N) is 1. The molecule has 0 fully saturated rings. The zero-order chi connectivity index (χ0) is 13.1. The Hall–Kier alpha value is -1.32. The minimum absolute atomic E-state index is 0.128. The summed E-state index contributed by atoms with van der Waals surface area (Å²) in [4.78, 5) is 4.13. The van der Waals surface area contributed by atoms with E-state index in [4.69, 9.17) is 23.2 Å². The van der Waals surface area contributed by atoms with Gasteiger partial charge in [-0.2, -0.15) is 0 Å². The van der Waals surface area contributed by atoms with Crippen LogP contribution in [0.25, 0.3) is 0 Å². The molecule has 0 unspecified atom stereocenters. The van der Waals surface area contributed by atoms with Crippen molar-refractivity contribution in [3.8, 4) is 0 Å². The molecule has 1 aromatic heterocycles. The third kappa shape index (κ3) is 3.12. The molecule has 0 radical (unpaired) electrons. The van der Waals surface area contributed by atoms with Crippen LogP contribution in [0.1, 0.15) is 11.3 Å². The van der Waals surface area contributed by atoms with Gasteiger partial charge in [-0.05, 0) is 36.8 Å². The second kappa shape index (κ2) is 5.55. The van der Waals surface area contributed by atoms with Crippen LogP contribution in [0.4, 0.5) is 10.1 Å². The highest BCUT2D eigenvalue weighted by Crippen LogP contribution is 2.19. The SMILES string of the molecule is Cc1nc(Cl)ccc1NCc1ccc(Cl)c(F)c1. The van der Waals surface area contributed by atoms with Crippen molar-refractivity contribution in [2.24, 2.45) is 0 Å². The Morgan fingerprint density at radius 1 is 1.22 bits per heavy atom. The Kier molecular flexibility index (Phi) is 4.04. The van der Waals surface area contributed by atoms with E-state index >= 15 is 0 Å². The van der Waals surface area contributed by atoms with Crippen molar-refractivity contribution in [1.82, 2.24) is 4.98 Å². The number of pyridine rings is 1. The van der Waals surface area contributed by atoms with E-state index in [1.807, 2.05) is 13.0 Å². The zero-order valence-electron chi connectivity index (χ0n) is 9.67. The summed E-state index contributed by atoms with van der Waals surface area (Å²) in [5.41, 5.74) is 2.48. The summed E-state index contributed by atoms with van der Waals surface area (Å²) in [5.74, 6) is -0.415. The number of benzene rings is 1. The predicted octanol–water partition coefficient (Wildman–Crippen LogP) is 4.45. The normalized spacial score (nSPS) is 10.4. The van der Waals surface area contributed by atoms with Crippen molar-refractivity contribution in [2.75, 3.05) is 5.32 Å². The molecule has 0 saturated carbocycles. The van der Waals surface area contributed by atoms with E-state index in [-0.39, 0.29) is 5.02 Å². The Morgan fingerprint density at radius 2 is 2.00 bits per heavy atom. The molecule has 1 N–H and O–H groups in total. The van der Waals surface area contributed by atoms with E-state index in [0.29, 0.717) is 11.7 Å². The van der Waals surface area contributed by atoms with Crippen LogP contribution >= 0.6 is 23.2 Å². The number of hydrogen-bond donors (Lipinski definition) is 1. The highest BCUT2D eigenvalue weighted by atomic mass is 35.5. The second-order valence-electron chi connectivity index (χ2n) is 3.87. The molecule has 2 rings (SSSR count). The summed E-state index contributed by atoms with van der Waals surface area (Å²) in [6.45, 7) is 2.36. The van der Waals surface area contributed by atoms with E-state index in [9.17, 15) is 4.39 Å². The molecule has 94 valence electrons. The average Bonchev–Trinajstić information content (AvgIpc) is 2.32. The first-order chi connectivity index (χ1) is 8.56. The lowest BCUT2D eigenvalue weighted by Crippen LogP contribution is -2.02. The summed E-state index contributed by atoms with van der Waals surface area (Å²) in [6, 6.07) is 8.28. The van der Waals surface area contributed by atoms with E-state index in [1.165, 1.54) is 6.07 Å². The van der Waals surface area contributed by atoms with Gasteiger partial charge in [-0.15, -0.1) is 0 Å². The minimum Gasteiger partial charge on any atom is -0.379 e. The molecule has 0 aliphatic heterocycles. The Labute approximate surface area is 115 Å². The summed E-state index contributed by atoms with van der Waals surface area (Å²) < 4.78 is 13.2. The largest absolute Gasteiger partial charge is 0.379 e. The monoisotopic (exact) mass is 284 g/mol. The number of nitrogens with zero attached hydrogens (tertiary/aromatic N) is 1. The van der Waals surface area contributed by atoms with Gasteiger partial charge in [0, 0.05) is 6.54 Å². The molecule has 5 heteroatoms. The summed E-state index contributed by atoms with van der Waals surface area (Å²) in [6.07, 6.45) is 0. The number of aromatic nitrogens is 1. The van der Waals surface area contributed by atoms with Gasteiger partial charge in [0.1, 0.15) is 11.0 Å². The lowest BCUT2D eigenvalue weighted by Gasteiger charge is -2.09. The van der Waals surface area contributed by atoms with Gasteiger partial charge in [0.25, 0.3) is 0 Å². The number of hydrogen-bond acceptors (Lipinski definition) is 2. The Morgan fingerprint density at radius 3 is 2.67 bits per heavy atom. The van der Waals surface area contributed by atoms with Gasteiger partial charge in [0.05, 0.1) is 16.4 Å². The second-order valence-corrected chi connectivity index (χ2v) is 4.66. The molecule has 1 aromatic carbocycles. The fourth-order valence-corrected chi connectivity index (χ4v) is 1.87. The summed E-state index contributed by atoms with van der Waals surface area (Å²) >= 11 is 11.4. The number of aryl methyl sites for hydroxylation is 1. The molecule has 0 spiro atoms. The Balaban J connectivity index is 2.09. The first-order valence-corrected chi connectivity index (χ1v) is 6.13. The van der Waals surface area contributed by atoms with E-state index in [1.54, 1.807) is 18.2 Å². The number of anilines is 1. The van der Waals surface area contributed by atoms with Gasteiger partial charge in [-0.25, -0.2) is 9.37 Å². The molecule has 2 aromatic rings. The van der Waals surface area contributed by atoms with E-state index < -0.39 is 5.82 Å². The molecule has 1 heterocycles. The topological polar surface area (TPSA) is 24.9 Å². The molecule has 18 heavy (non-hydrogen) atoms. The fraction of sp³-hybridized carbons (Fsp3) is 0.154. The Bertz CT molecular complexity index is 573. The maximum atomic E-state index is 13.2. The number of rotatable bonds is 3. The van der Waals surface area contributed by atoms with Crippen molar-refractivity contribution < 1.29 is 4.39 Å². The molecule has 2 nitrogen and oxygen atoms in total. The van der Waals surface area contributed by atoms with Gasteiger partial charge >= 0.3 is 0 Å². The molecule has 0 aliphatic rings. The van der Waals surface area contributed by atoms with Gasteiger partial charge in [0.15, 0.2) is 0 Å². The lowest BCUT2D eigenvalue weighted by molar-refractivity contribution is 0.626. The maximum Gasteiger partial charge on any atom is 0.142 e. The lowest BCUT2D eigenvalue weighted by atomic mass is 10.2. The van der Waals surface area contributed by atoms with Crippen LogP contribution in [0, 0.1) is 12.7 Å². The molecule has 0 atom stereocenters. The third-order valence-electron chi connectivity index (χ3n) is 2.52. The van der Waals surface area contributed by atoms with Crippen LogP contribution in [0.2, 0.25) is 10.2 Å². The van der Waals surface area contributed by atoms with E-state index in [0.717, 1.165) is 16.9 Å². The van der Waals surface area contributed by atoms with Gasteiger partial charge in [-0.1, -0.05) is 29.3 Å². The van der Waals surface area contributed by atoms with Gasteiger partial charge in [0.2, 0.25) is 0 Å². The highest BCUT2D eigenvalue weighted by Gasteiger charge is 2.03. The van der Waals surface area contributed by atoms with Gasteiger partial charge < -0.3 is 5.32 Å². The zero-order valence-corrected chi connectivity index (χ0v) is 11.2. The molecule has 0 aliphatic carbocycles. The van der Waals surface area contributed by atoms with Crippen LogP contribution in [0.5, 0.6) is 0 Å². The van der Waals surface area contributed by atoms with E-state index in [2.05, 4.69) is 10.3 Å².